The van der Waals surface area contributed by atoms with Crippen molar-refractivity contribution in [1.82, 2.24) is 0 Å². The molecule has 0 amide bonds. The van der Waals surface area contributed by atoms with Gasteiger partial charge in [-0.2, -0.15) is 0 Å². The second kappa shape index (κ2) is 8.82. The number of hydrogen-bond acceptors (Lipinski definition) is 4. The molecule has 1 aliphatic rings. The summed E-state index contributed by atoms with van der Waals surface area (Å²) >= 11 is 6.70. The topological polar surface area (TPSA) is 52.6 Å². The monoisotopic (exact) mass is 480 g/mol. The summed E-state index contributed by atoms with van der Waals surface area (Å²) in [7, 11) is 0. The lowest BCUT2D eigenvalue weighted by molar-refractivity contribution is -0.144. The van der Waals surface area contributed by atoms with Crippen LogP contribution in [0, 0.1) is 11.8 Å². The third kappa shape index (κ3) is 5.17. The first kappa shape index (κ1) is 19.1. The van der Waals surface area contributed by atoms with E-state index in [4.69, 9.17) is 9.47 Å². The molecule has 4 nitrogen and oxygen atoms in total. The molecule has 0 spiro atoms. The highest BCUT2D eigenvalue weighted by Gasteiger charge is 2.33. The normalized spacial score (nSPS) is 19.6. The zero-order chi connectivity index (χ0) is 18.5. The van der Waals surface area contributed by atoms with Crippen molar-refractivity contribution in [1.29, 1.82) is 0 Å². The van der Waals surface area contributed by atoms with Crippen LogP contribution in [0.15, 0.2) is 57.5 Å². The summed E-state index contributed by atoms with van der Waals surface area (Å²) in [4.78, 5) is 24.9. The second-order valence-electron chi connectivity index (χ2n) is 6.31. The van der Waals surface area contributed by atoms with Gasteiger partial charge in [-0.3, -0.25) is 9.59 Å². The molecule has 0 aromatic heterocycles. The molecule has 26 heavy (non-hydrogen) atoms. The van der Waals surface area contributed by atoms with E-state index in [1.807, 2.05) is 24.3 Å². The smallest absolute Gasteiger partial charge is 0.314 e. The van der Waals surface area contributed by atoms with Crippen LogP contribution in [0.5, 0.6) is 11.5 Å². The molecule has 0 heterocycles. The molecule has 0 bridgehead atoms. The van der Waals surface area contributed by atoms with E-state index < -0.39 is 0 Å². The number of benzene rings is 2. The molecule has 0 unspecified atom stereocenters. The third-order valence-electron chi connectivity index (χ3n) is 4.41. The summed E-state index contributed by atoms with van der Waals surface area (Å²) in [6, 6.07) is 14.2. The van der Waals surface area contributed by atoms with Gasteiger partial charge in [0.25, 0.3) is 0 Å². The molecule has 0 aliphatic heterocycles. The number of rotatable bonds is 4. The summed E-state index contributed by atoms with van der Waals surface area (Å²) in [5, 5.41) is 0. The first-order valence-electron chi connectivity index (χ1n) is 8.46. The highest BCUT2D eigenvalue weighted by Crippen LogP contribution is 2.32. The number of esters is 2. The van der Waals surface area contributed by atoms with Gasteiger partial charge in [0.2, 0.25) is 0 Å². The van der Waals surface area contributed by atoms with Crippen LogP contribution in [-0.4, -0.2) is 11.9 Å². The van der Waals surface area contributed by atoms with Gasteiger partial charge in [0.05, 0.1) is 11.8 Å². The van der Waals surface area contributed by atoms with Gasteiger partial charge in [0, 0.05) is 8.95 Å². The molecule has 2 aromatic carbocycles. The Morgan fingerprint density at radius 2 is 1.12 bits per heavy atom. The van der Waals surface area contributed by atoms with Crippen molar-refractivity contribution in [2.75, 3.05) is 0 Å². The Balaban J connectivity index is 1.57. The lowest BCUT2D eigenvalue weighted by atomic mass is 9.81. The molecule has 1 aliphatic carbocycles. The Morgan fingerprint density at radius 1 is 0.731 bits per heavy atom. The van der Waals surface area contributed by atoms with Crippen molar-refractivity contribution in [3.05, 3.63) is 57.5 Å². The molecule has 1 saturated carbocycles. The molecule has 136 valence electrons. The number of carbonyl (C=O) groups excluding carboxylic acids is 2. The van der Waals surface area contributed by atoms with Gasteiger partial charge in [0.1, 0.15) is 11.5 Å². The predicted octanol–water partition coefficient (Wildman–Crippen LogP) is 5.53. The van der Waals surface area contributed by atoms with Crippen LogP contribution < -0.4 is 9.47 Å². The summed E-state index contributed by atoms with van der Waals surface area (Å²) in [5.74, 6) is -0.109. The summed E-state index contributed by atoms with van der Waals surface area (Å²) in [5.41, 5.74) is 0. The van der Waals surface area contributed by atoms with E-state index in [9.17, 15) is 9.59 Å². The Kier molecular flexibility index (Phi) is 6.48. The highest BCUT2D eigenvalue weighted by atomic mass is 79.9. The minimum absolute atomic E-state index is 0.283. The number of ether oxygens (including phenoxy) is 2. The molecule has 2 aromatic rings. The Hall–Kier alpha value is -1.66. The average Bonchev–Trinajstić information content (AvgIpc) is 2.65. The molecular formula is C20H18Br2O4. The second-order valence-corrected chi connectivity index (χ2v) is 8.14. The van der Waals surface area contributed by atoms with Crippen LogP contribution in [0.4, 0.5) is 0 Å². The van der Waals surface area contributed by atoms with E-state index in [-0.39, 0.29) is 23.8 Å². The molecule has 2 atom stereocenters. The average molecular weight is 482 g/mol. The standard InChI is InChI=1S/C20H18Br2O4/c21-15-4-8-17(9-5-15)25-19(23)13-2-1-3-14(12-13)20(24)26-18-10-6-16(22)7-11-18/h4-11,13-14H,1-3,12H2/t13-,14-/m0/s1. The molecular weight excluding hydrogens is 464 g/mol. The van der Waals surface area contributed by atoms with Crippen molar-refractivity contribution < 1.29 is 19.1 Å². The molecule has 6 heteroatoms. The van der Waals surface area contributed by atoms with Gasteiger partial charge < -0.3 is 9.47 Å². The fourth-order valence-electron chi connectivity index (χ4n) is 3.02. The highest BCUT2D eigenvalue weighted by molar-refractivity contribution is 9.10. The predicted molar refractivity (Wildman–Crippen MR) is 105 cm³/mol. The van der Waals surface area contributed by atoms with Gasteiger partial charge in [0.15, 0.2) is 0 Å². The zero-order valence-corrected chi connectivity index (χ0v) is 17.2. The Morgan fingerprint density at radius 3 is 1.50 bits per heavy atom. The lowest BCUT2D eigenvalue weighted by Crippen LogP contribution is -2.31. The van der Waals surface area contributed by atoms with Crippen LogP contribution in [0.25, 0.3) is 0 Å². The van der Waals surface area contributed by atoms with E-state index in [1.54, 1.807) is 24.3 Å². The van der Waals surface area contributed by atoms with E-state index in [2.05, 4.69) is 31.9 Å². The van der Waals surface area contributed by atoms with E-state index in [0.717, 1.165) is 28.2 Å². The fraction of sp³-hybridized carbons (Fsp3) is 0.300. The van der Waals surface area contributed by atoms with Gasteiger partial charge in [-0.15, -0.1) is 0 Å². The molecule has 0 radical (unpaired) electrons. The van der Waals surface area contributed by atoms with E-state index in [0.29, 0.717) is 17.9 Å². The van der Waals surface area contributed by atoms with E-state index in [1.165, 1.54) is 0 Å². The quantitative estimate of drug-likeness (QED) is 0.425. The SMILES string of the molecule is O=C(Oc1ccc(Br)cc1)[C@H]1CCC[C@H](C(=O)Oc2ccc(Br)cc2)C1. The molecule has 1 fully saturated rings. The zero-order valence-electron chi connectivity index (χ0n) is 14.0. The van der Waals surface area contributed by atoms with Crippen LogP contribution in [-0.2, 0) is 9.59 Å². The van der Waals surface area contributed by atoms with Crippen LogP contribution in [0.1, 0.15) is 25.7 Å². The van der Waals surface area contributed by atoms with Crippen molar-refractivity contribution in [3.8, 4) is 11.5 Å². The fourth-order valence-corrected chi connectivity index (χ4v) is 3.55. The largest absolute Gasteiger partial charge is 0.426 e. The van der Waals surface area contributed by atoms with Crippen molar-refractivity contribution in [3.63, 3.8) is 0 Å². The Bertz CT molecular complexity index is 706. The molecule has 0 saturated heterocycles. The maximum Gasteiger partial charge on any atom is 0.314 e. The first-order valence-corrected chi connectivity index (χ1v) is 10.0. The van der Waals surface area contributed by atoms with Crippen molar-refractivity contribution in [2.24, 2.45) is 11.8 Å². The van der Waals surface area contributed by atoms with E-state index >= 15 is 0 Å². The first-order chi connectivity index (χ1) is 12.5. The van der Waals surface area contributed by atoms with Crippen LogP contribution in [0.2, 0.25) is 0 Å². The lowest BCUT2D eigenvalue weighted by Gasteiger charge is -2.26. The maximum atomic E-state index is 12.4. The summed E-state index contributed by atoms with van der Waals surface area (Å²) < 4.78 is 12.7. The number of hydrogen-bond donors (Lipinski definition) is 0. The van der Waals surface area contributed by atoms with Gasteiger partial charge >= 0.3 is 11.9 Å². The van der Waals surface area contributed by atoms with Gasteiger partial charge in [-0.25, -0.2) is 0 Å². The maximum absolute atomic E-state index is 12.4. The van der Waals surface area contributed by atoms with Gasteiger partial charge in [-0.1, -0.05) is 38.3 Å². The minimum atomic E-state index is -0.284. The minimum Gasteiger partial charge on any atom is -0.426 e. The Labute approximate surface area is 169 Å². The van der Waals surface area contributed by atoms with Crippen LogP contribution in [0.3, 0.4) is 0 Å². The van der Waals surface area contributed by atoms with Crippen molar-refractivity contribution in [2.45, 2.75) is 25.7 Å². The molecule has 0 N–H and O–H groups in total. The van der Waals surface area contributed by atoms with Crippen molar-refractivity contribution >= 4 is 43.8 Å². The number of carbonyl (C=O) groups is 2. The third-order valence-corrected chi connectivity index (χ3v) is 5.46. The molecule has 3 rings (SSSR count). The van der Waals surface area contributed by atoms with Gasteiger partial charge in [-0.05, 0) is 67.8 Å². The summed E-state index contributed by atoms with van der Waals surface area (Å²) in [6.45, 7) is 0. The summed E-state index contributed by atoms with van der Waals surface area (Å²) in [6.07, 6.45) is 2.74. The number of halogens is 2. The van der Waals surface area contributed by atoms with Crippen LogP contribution >= 0.6 is 31.9 Å².